The van der Waals surface area contributed by atoms with Gasteiger partial charge in [-0.1, -0.05) is 44.3 Å². The van der Waals surface area contributed by atoms with Crippen molar-refractivity contribution in [1.82, 2.24) is 4.98 Å². The molecule has 1 aromatic carbocycles. The summed E-state index contributed by atoms with van der Waals surface area (Å²) < 4.78 is 5.78. The molecular formula is C16H20N2OS. The molecule has 1 aromatic heterocycles. The quantitative estimate of drug-likeness (QED) is 0.650. The predicted molar refractivity (Wildman–Crippen MR) is 87.2 cm³/mol. The van der Waals surface area contributed by atoms with E-state index < -0.39 is 0 Å². The molecule has 0 radical (unpaired) electrons. The van der Waals surface area contributed by atoms with Gasteiger partial charge in [-0.25, -0.2) is 4.98 Å². The minimum absolute atomic E-state index is 0.321. The van der Waals surface area contributed by atoms with E-state index in [9.17, 15) is 0 Å². The van der Waals surface area contributed by atoms with Gasteiger partial charge in [0, 0.05) is 5.39 Å². The Bertz CT molecular complexity index is 610. The lowest BCUT2D eigenvalue weighted by Gasteiger charge is -2.11. The third-order valence-electron chi connectivity index (χ3n) is 3.12. The van der Waals surface area contributed by atoms with Crippen LogP contribution in [0.4, 0.5) is 0 Å². The maximum Gasteiger partial charge on any atom is 0.224 e. The Morgan fingerprint density at radius 1 is 1.35 bits per heavy atom. The van der Waals surface area contributed by atoms with Crippen LogP contribution in [0, 0.1) is 5.92 Å². The fourth-order valence-corrected chi connectivity index (χ4v) is 2.19. The van der Waals surface area contributed by atoms with Crippen molar-refractivity contribution in [2.75, 3.05) is 6.61 Å². The second kappa shape index (κ2) is 6.66. The molecule has 0 unspecified atom stereocenters. The number of nitrogens with two attached hydrogens (primary N) is 1. The lowest BCUT2D eigenvalue weighted by atomic mass is 10.1. The first-order valence-electron chi connectivity index (χ1n) is 6.90. The highest BCUT2D eigenvalue weighted by Crippen LogP contribution is 2.22. The molecule has 2 aromatic rings. The predicted octanol–water partition coefficient (Wildman–Crippen LogP) is 3.68. The molecule has 0 atom stereocenters. The van der Waals surface area contributed by atoms with Crippen molar-refractivity contribution in [2.24, 2.45) is 11.7 Å². The summed E-state index contributed by atoms with van der Waals surface area (Å²) in [4.78, 5) is 4.84. The highest BCUT2D eigenvalue weighted by Gasteiger charge is 2.10. The Kier molecular flexibility index (Phi) is 4.90. The molecule has 2 N–H and O–H groups in total. The second-order valence-corrected chi connectivity index (χ2v) is 5.72. The second-order valence-electron chi connectivity index (χ2n) is 5.28. The van der Waals surface area contributed by atoms with Gasteiger partial charge in [0.2, 0.25) is 5.88 Å². The van der Waals surface area contributed by atoms with Crippen LogP contribution in [0.5, 0.6) is 5.88 Å². The number of aromatic nitrogens is 1. The van der Waals surface area contributed by atoms with Crippen molar-refractivity contribution >= 4 is 28.1 Å². The monoisotopic (exact) mass is 288 g/mol. The Balaban J connectivity index is 2.21. The third kappa shape index (κ3) is 3.67. The van der Waals surface area contributed by atoms with Gasteiger partial charge >= 0.3 is 0 Å². The molecule has 0 bridgehead atoms. The standard InChI is InChI=1S/C16H20N2OS/c1-11(2)6-5-9-19-16-13(15(17)20)10-12-7-3-4-8-14(12)18-16/h3-4,7-8,10-11H,5-6,9H2,1-2H3,(H2,17,20). The van der Waals surface area contributed by atoms with E-state index in [0.29, 0.717) is 29.0 Å². The molecule has 0 amide bonds. The van der Waals surface area contributed by atoms with E-state index in [4.69, 9.17) is 22.7 Å². The van der Waals surface area contributed by atoms with Crippen LogP contribution in [-0.2, 0) is 0 Å². The van der Waals surface area contributed by atoms with Gasteiger partial charge in [-0.05, 0) is 30.9 Å². The number of rotatable bonds is 6. The number of benzene rings is 1. The van der Waals surface area contributed by atoms with Crippen LogP contribution in [-0.4, -0.2) is 16.6 Å². The zero-order valence-electron chi connectivity index (χ0n) is 11.9. The molecule has 20 heavy (non-hydrogen) atoms. The molecule has 1 heterocycles. The average Bonchev–Trinajstić information content (AvgIpc) is 2.42. The minimum atomic E-state index is 0.321. The van der Waals surface area contributed by atoms with Gasteiger partial charge in [0.1, 0.15) is 4.99 Å². The van der Waals surface area contributed by atoms with Crippen molar-refractivity contribution in [3.8, 4) is 5.88 Å². The molecule has 0 spiro atoms. The number of nitrogens with zero attached hydrogens (tertiary/aromatic N) is 1. The van der Waals surface area contributed by atoms with Gasteiger partial charge < -0.3 is 10.5 Å². The minimum Gasteiger partial charge on any atom is -0.477 e. The molecule has 0 aliphatic rings. The Morgan fingerprint density at radius 2 is 2.10 bits per heavy atom. The van der Waals surface area contributed by atoms with Gasteiger partial charge in [0.25, 0.3) is 0 Å². The smallest absolute Gasteiger partial charge is 0.224 e. The highest BCUT2D eigenvalue weighted by molar-refractivity contribution is 7.80. The van der Waals surface area contributed by atoms with Gasteiger partial charge in [0.15, 0.2) is 0 Å². The van der Waals surface area contributed by atoms with E-state index >= 15 is 0 Å². The SMILES string of the molecule is CC(C)CCCOc1nc2ccccc2cc1C(N)=S. The number of hydrogen-bond acceptors (Lipinski definition) is 3. The number of fused-ring (bicyclic) bond motifs is 1. The maximum absolute atomic E-state index is 5.78. The zero-order chi connectivity index (χ0) is 14.5. The largest absolute Gasteiger partial charge is 0.477 e. The van der Waals surface area contributed by atoms with Crippen molar-refractivity contribution in [3.63, 3.8) is 0 Å². The van der Waals surface area contributed by atoms with E-state index in [-0.39, 0.29) is 0 Å². The van der Waals surface area contributed by atoms with E-state index in [2.05, 4.69) is 18.8 Å². The third-order valence-corrected chi connectivity index (χ3v) is 3.34. The molecule has 0 fully saturated rings. The normalized spacial score (nSPS) is 10.9. The van der Waals surface area contributed by atoms with Crippen molar-refractivity contribution < 1.29 is 4.74 Å². The van der Waals surface area contributed by atoms with Crippen LogP contribution >= 0.6 is 12.2 Å². The fraction of sp³-hybridized carbons (Fsp3) is 0.375. The highest BCUT2D eigenvalue weighted by atomic mass is 32.1. The van der Waals surface area contributed by atoms with Crippen molar-refractivity contribution in [3.05, 3.63) is 35.9 Å². The average molecular weight is 288 g/mol. The van der Waals surface area contributed by atoms with Crippen LogP contribution in [0.25, 0.3) is 10.9 Å². The molecular weight excluding hydrogens is 268 g/mol. The number of ether oxygens (including phenoxy) is 1. The van der Waals surface area contributed by atoms with Crippen LogP contribution in [0.1, 0.15) is 32.3 Å². The number of para-hydroxylation sites is 1. The van der Waals surface area contributed by atoms with Crippen molar-refractivity contribution in [1.29, 1.82) is 0 Å². The zero-order valence-corrected chi connectivity index (χ0v) is 12.7. The van der Waals surface area contributed by atoms with E-state index in [1.165, 1.54) is 0 Å². The summed E-state index contributed by atoms with van der Waals surface area (Å²) in [6.07, 6.45) is 2.14. The summed E-state index contributed by atoms with van der Waals surface area (Å²) in [6.45, 7) is 5.04. The fourth-order valence-electron chi connectivity index (χ4n) is 2.05. The van der Waals surface area contributed by atoms with E-state index in [1.54, 1.807) is 0 Å². The molecule has 0 saturated carbocycles. The van der Waals surface area contributed by atoms with Crippen LogP contribution < -0.4 is 10.5 Å². The van der Waals surface area contributed by atoms with Crippen LogP contribution in [0.3, 0.4) is 0 Å². The molecule has 4 heteroatoms. The van der Waals surface area contributed by atoms with E-state index in [0.717, 1.165) is 23.7 Å². The van der Waals surface area contributed by atoms with Crippen LogP contribution in [0.2, 0.25) is 0 Å². The number of pyridine rings is 1. The number of hydrogen-bond donors (Lipinski definition) is 1. The Hall–Kier alpha value is -1.68. The van der Waals surface area contributed by atoms with Crippen LogP contribution in [0.15, 0.2) is 30.3 Å². The molecule has 0 aliphatic carbocycles. The lowest BCUT2D eigenvalue weighted by molar-refractivity contribution is 0.287. The van der Waals surface area contributed by atoms with Crippen molar-refractivity contribution in [2.45, 2.75) is 26.7 Å². The topological polar surface area (TPSA) is 48.1 Å². The first-order chi connectivity index (χ1) is 9.58. The molecule has 0 aliphatic heterocycles. The summed E-state index contributed by atoms with van der Waals surface area (Å²) in [5, 5.41) is 1.02. The molecule has 3 nitrogen and oxygen atoms in total. The lowest BCUT2D eigenvalue weighted by Crippen LogP contribution is -2.13. The van der Waals surface area contributed by atoms with Gasteiger partial charge in [-0.15, -0.1) is 0 Å². The van der Waals surface area contributed by atoms with Gasteiger partial charge in [-0.3, -0.25) is 0 Å². The summed E-state index contributed by atoms with van der Waals surface area (Å²) in [7, 11) is 0. The summed E-state index contributed by atoms with van der Waals surface area (Å²) in [6, 6.07) is 9.82. The maximum atomic E-state index is 5.78. The molecule has 106 valence electrons. The van der Waals surface area contributed by atoms with E-state index in [1.807, 2.05) is 30.3 Å². The molecule has 0 saturated heterocycles. The Labute approximate surface area is 125 Å². The first-order valence-corrected chi connectivity index (χ1v) is 7.31. The summed E-state index contributed by atoms with van der Waals surface area (Å²) in [5.41, 5.74) is 7.38. The first kappa shape index (κ1) is 14.7. The molecule has 2 rings (SSSR count). The summed E-state index contributed by atoms with van der Waals surface area (Å²) in [5.74, 6) is 1.22. The van der Waals surface area contributed by atoms with Gasteiger partial charge in [-0.2, -0.15) is 0 Å². The van der Waals surface area contributed by atoms with Gasteiger partial charge in [0.05, 0.1) is 17.7 Å². The summed E-state index contributed by atoms with van der Waals surface area (Å²) >= 11 is 5.09. The Morgan fingerprint density at radius 3 is 2.80 bits per heavy atom. The number of thiocarbonyl (C=S) groups is 1.